The third kappa shape index (κ3) is 3.98. The molecule has 144 valence electrons. The van der Waals surface area contributed by atoms with Crippen LogP contribution in [0, 0.1) is 0 Å². The zero-order valence-electron chi connectivity index (χ0n) is 15.9. The molecule has 1 amide bonds. The number of carbonyl (C=O) groups excluding carboxylic acids is 1. The molecule has 0 unspecified atom stereocenters. The Kier molecular flexibility index (Phi) is 5.23. The van der Waals surface area contributed by atoms with Gasteiger partial charge in [0.2, 0.25) is 5.95 Å². The molecule has 7 heteroatoms. The lowest BCUT2D eigenvalue weighted by Crippen LogP contribution is -2.49. The summed E-state index contributed by atoms with van der Waals surface area (Å²) in [7, 11) is 2.03. The van der Waals surface area contributed by atoms with Gasteiger partial charge >= 0.3 is 0 Å². The Morgan fingerprint density at radius 2 is 1.86 bits per heavy atom. The van der Waals surface area contributed by atoms with Crippen molar-refractivity contribution >= 4 is 17.7 Å². The van der Waals surface area contributed by atoms with Crippen molar-refractivity contribution in [3.63, 3.8) is 0 Å². The summed E-state index contributed by atoms with van der Waals surface area (Å²) >= 11 is 0. The van der Waals surface area contributed by atoms with E-state index in [2.05, 4.69) is 26.9 Å². The van der Waals surface area contributed by atoms with E-state index in [4.69, 9.17) is 9.40 Å². The molecule has 0 aliphatic carbocycles. The first-order chi connectivity index (χ1) is 13.7. The molecule has 0 bridgehead atoms. The van der Waals surface area contributed by atoms with Gasteiger partial charge in [-0.25, -0.2) is 4.98 Å². The van der Waals surface area contributed by atoms with Gasteiger partial charge in [-0.3, -0.25) is 4.79 Å². The lowest BCUT2D eigenvalue weighted by molar-refractivity contribution is 0.0714. The minimum atomic E-state index is -0.0677. The quantitative estimate of drug-likeness (QED) is 0.681. The molecular weight excluding hydrogens is 354 g/mol. The fourth-order valence-corrected chi connectivity index (χ4v) is 3.31. The maximum Gasteiger partial charge on any atom is 0.289 e. The predicted molar refractivity (Wildman–Crippen MR) is 107 cm³/mol. The van der Waals surface area contributed by atoms with E-state index in [9.17, 15) is 4.79 Å². The van der Waals surface area contributed by atoms with E-state index in [1.807, 2.05) is 31.3 Å². The molecule has 0 spiro atoms. The van der Waals surface area contributed by atoms with Crippen molar-refractivity contribution in [2.24, 2.45) is 0 Å². The number of furan rings is 1. The van der Waals surface area contributed by atoms with Crippen molar-refractivity contribution in [3.05, 3.63) is 72.3 Å². The summed E-state index contributed by atoms with van der Waals surface area (Å²) in [5.74, 6) is 1.89. The Labute approximate surface area is 164 Å². The Morgan fingerprint density at radius 1 is 1.07 bits per heavy atom. The highest BCUT2D eigenvalue weighted by atomic mass is 16.3. The Balaban J connectivity index is 1.39. The van der Waals surface area contributed by atoms with Crippen molar-refractivity contribution in [3.8, 4) is 0 Å². The molecule has 1 fully saturated rings. The average Bonchev–Trinajstić information content (AvgIpc) is 3.29. The predicted octanol–water partition coefficient (Wildman–Crippen LogP) is 2.67. The van der Waals surface area contributed by atoms with Crippen LogP contribution >= 0.6 is 0 Å². The molecule has 0 atom stereocenters. The summed E-state index contributed by atoms with van der Waals surface area (Å²) < 4.78 is 5.22. The highest BCUT2D eigenvalue weighted by Crippen LogP contribution is 2.18. The second-order valence-electron chi connectivity index (χ2n) is 6.81. The molecule has 4 rings (SSSR count). The van der Waals surface area contributed by atoms with Crippen molar-refractivity contribution in [2.45, 2.75) is 6.54 Å². The van der Waals surface area contributed by atoms with E-state index in [0.717, 1.165) is 12.4 Å². The van der Waals surface area contributed by atoms with Crippen LogP contribution in [-0.2, 0) is 6.54 Å². The van der Waals surface area contributed by atoms with Crippen LogP contribution in [0.5, 0.6) is 0 Å². The average molecular weight is 377 g/mol. The Morgan fingerprint density at radius 3 is 2.57 bits per heavy atom. The van der Waals surface area contributed by atoms with E-state index in [-0.39, 0.29) is 5.91 Å². The van der Waals surface area contributed by atoms with Crippen LogP contribution in [0.25, 0.3) is 0 Å². The lowest BCUT2D eigenvalue weighted by Gasteiger charge is -2.34. The van der Waals surface area contributed by atoms with Gasteiger partial charge in [-0.05, 0) is 23.8 Å². The fraction of sp³-hybridized carbons (Fsp3) is 0.286. The smallest absolute Gasteiger partial charge is 0.289 e. The number of benzene rings is 1. The minimum Gasteiger partial charge on any atom is -0.459 e. The molecule has 1 aromatic carbocycles. The summed E-state index contributed by atoms with van der Waals surface area (Å²) in [6.07, 6.45) is 3.31. The number of rotatable bonds is 5. The zero-order chi connectivity index (χ0) is 19.3. The molecule has 0 saturated carbocycles. The highest BCUT2D eigenvalue weighted by molar-refractivity contribution is 5.91. The van der Waals surface area contributed by atoms with Crippen molar-refractivity contribution < 1.29 is 9.21 Å². The number of anilines is 2. The molecule has 28 heavy (non-hydrogen) atoms. The summed E-state index contributed by atoms with van der Waals surface area (Å²) in [5, 5.41) is 0. The van der Waals surface area contributed by atoms with Gasteiger partial charge < -0.3 is 19.1 Å². The number of aromatic nitrogens is 2. The van der Waals surface area contributed by atoms with E-state index in [0.29, 0.717) is 37.9 Å². The van der Waals surface area contributed by atoms with Gasteiger partial charge in [-0.2, -0.15) is 4.98 Å². The van der Waals surface area contributed by atoms with E-state index < -0.39 is 0 Å². The van der Waals surface area contributed by atoms with E-state index in [1.165, 1.54) is 11.8 Å². The first kappa shape index (κ1) is 18.0. The standard InChI is InChI=1S/C21H23N5O2/c1-24(16-17-6-3-2-4-7-17)19-9-10-22-21(23-19)26-13-11-25(12-14-26)20(27)18-8-5-15-28-18/h2-10,15H,11-14,16H2,1H3. The summed E-state index contributed by atoms with van der Waals surface area (Å²) in [5.41, 5.74) is 1.23. The second kappa shape index (κ2) is 8.12. The van der Waals surface area contributed by atoms with Crippen LogP contribution in [0.15, 0.2) is 65.4 Å². The first-order valence-electron chi connectivity index (χ1n) is 9.36. The maximum atomic E-state index is 12.4. The summed E-state index contributed by atoms with van der Waals surface area (Å²) in [4.78, 5) is 27.6. The summed E-state index contributed by atoms with van der Waals surface area (Å²) in [6, 6.07) is 15.7. The molecule has 7 nitrogen and oxygen atoms in total. The van der Waals surface area contributed by atoms with Crippen molar-refractivity contribution in [1.82, 2.24) is 14.9 Å². The zero-order valence-corrected chi connectivity index (χ0v) is 15.9. The molecular formula is C21H23N5O2. The van der Waals surface area contributed by atoms with Crippen LogP contribution < -0.4 is 9.80 Å². The van der Waals surface area contributed by atoms with Gasteiger partial charge in [0.25, 0.3) is 5.91 Å². The molecule has 1 saturated heterocycles. The molecule has 1 aliphatic rings. The van der Waals surface area contributed by atoms with Crippen LogP contribution in [0.3, 0.4) is 0 Å². The van der Waals surface area contributed by atoms with E-state index in [1.54, 1.807) is 23.2 Å². The minimum absolute atomic E-state index is 0.0677. The van der Waals surface area contributed by atoms with Crippen LogP contribution in [0.2, 0.25) is 0 Å². The van der Waals surface area contributed by atoms with Gasteiger partial charge in [0, 0.05) is 46.0 Å². The normalized spacial score (nSPS) is 14.2. The molecule has 0 N–H and O–H groups in total. The molecule has 1 aliphatic heterocycles. The highest BCUT2D eigenvalue weighted by Gasteiger charge is 2.25. The number of piperazine rings is 1. The molecule has 3 heterocycles. The van der Waals surface area contributed by atoms with E-state index >= 15 is 0 Å². The van der Waals surface area contributed by atoms with Crippen LogP contribution in [0.1, 0.15) is 16.1 Å². The van der Waals surface area contributed by atoms with Crippen molar-refractivity contribution in [1.29, 1.82) is 0 Å². The van der Waals surface area contributed by atoms with Crippen molar-refractivity contribution in [2.75, 3.05) is 43.0 Å². The van der Waals surface area contributed by atoms with Gasteiger partial charge in [-0.15, -0.1) is 0 Å². The number of amides is 1. The molecule has 2 aromatic heterocycles. The maximum absolute atomic E-state index is 12.4. The van der Waals surface area contributed by atoms with Crippen LogP contribution in [-0.4, -0.2) is 54.0 Å². The largest absolute Gasteiger partial charge is 0.459 e. The number of carbonyl (C=O) groups is 1. The van der Waals surface area contributed by atoms with Gasteiger partial charge in [-0.1, -0.05) is 30.3 Å². The fourth-order valence-electron chi connectivity index (χ4n) is 3.31. The van der Waals surface area contributed by atoms with Gasteiger partial charge in [0.05, 0.1) is 6.26 Å². The first-order valence-corrected chi connectivity index (χ1v) is 9.36. The summed E-state index contributed by atoms with van der Waals surface area (Å²) in [6.45, 7) is 3.40. The molecule has 3 aromatic rings. The topological polar surface area (TPSA) is 65.7 Å². The number of hydrogen-bond acceptors (Lipinski definition) is 6. The Hall–Kier alpha value is -3.35. The number of nitrogens with zero attached hydrogens (tertiary/aromatic N) is 5. The van der Waals surface area contributed by atoms with Gasteiger partial charge in [0.15, 0.2) is 5.76 Å². The molecule has 0 radical (unpaired) electrons. The number of hydrogen-bond donors (Lipinski definition) is 0. The second-order valence-corrected chi connectivity index (χ2v) is 6.81. The van der Waals surface area contributed by atoms with Gasteiger partial charge in [0.1, 0.15) is 5.82 Å². The lowest BCUT2D eigenvalue weighted by atomic mass is 10.2. The third-order valence-electron chi connectivity index (χ3n) is 4.86. The monoisotopic (exact) mass is 377 g/mol. The third-order valence-corrected chi connectivity index (χ3v) is 4.86. The van der Waals surface area contributed by atoms with Crippen LogP contribution in [0.4, 0.5) is 11.8 Å². The Bertz CT molecular complexity index is 906. The SMILES string of the molecule is CN(Cc1ccccc1)c1ccnc(N2CCN(C(=O)c3ccco3)CC2)n1.